The maximum Gasteiger partial charge on any atom is 0.129 e. The summed E-state index contributed by atoms with van der Waals surface area (Å²) >= 11 is 0. The monoisotopic (exact) mass is 339 g/mol. The Morgan fingerprint density at radius 2 is 1.52 bits per heavy atom. The molecule has 0 aliphatic rings. The number of hydrogen-bond acceptors (Lipinski definition) is 4. The third-order valence-electron chi connectivity index (χ3n) is 3.65. The molecule has 0 fully saturated rings. The van der Waals surface area contributed by atoms with Gasteiger partial charge in [0, 0.05) is 18.0 Å². The molecule has 0 bridgehead atoms. The fourth-order valence-electron chi connectivity index (χ4n) is 2.29. The summed E-state index contributed by atoms with van der Waals surface area (Å²) in [5.74, 6) is 0.837. The van der Waals surface area contributed by atoms with E-state index in [9.17, 15) is 9.50 Å². The first kappa shape index (κ1) is 16.9. The first-order chi connectivity index (χ1) is 12.2. The lowest BCUT2D eigenvalue weighted by atomic mass is 10.1. The van der Waals surface area contributed by atoms with Crippen molar-refractivity contribution in [3.8, 4) is 11.5 Å². The van der Waals surface area contributed by atoms with Crippen molar-refractivity contribution in [2.45, 2.75) is 12.7 Å². The van der Waals surface area contributed by atoms with Gasteiger partial charge >= 0.3 is 0 Å². The molecule has 3 aromatic rings. The molecule has 5 heteroatoms. The molecular weight excluding hydrogens is 321 g/mol. The average molecular weight is 339 g/mol. The van der Waals surface area contributed by atoms with Gasteiger partial charge in [-0.1, -0.05) is 18.2 Å². The number of aliphatic hydroxyl groups is 1. The maximum absolute atomic E-state index is 13.6. The highest BCUT2D eigenvalue weighted by Gasteiger charge is 2.12. The summed E-state index contributed by atoms with van der Waals surface area (Å²) in [7, 11) is 0. The van der Waals surface area contributed by atoms with Gasteiger partial charge in [-0.15, -0.1) is 0 Å². The van der Waals surface area contributed by atoms with Gasteiger partial charge in [0.1, 0.15) is 36.6 Å². The van der Waals surface area contributed by atoms with Crippen LogP contribution in [0.1, 0.15) is 17.2 Å². The van der Waals surface area contributed by atoms with E-state index in [0.29, 0.717) is 18.1 Å². The lowest BCUT2D eigenvalue weighted by Crippen LogP contribution is -2.11. The third-order valence-corrected chi connectivity index (χ3v) is 3.65. The molecule has 1 N–H and O–H groups in total. The van der Waals surface area contributed by atoms with Crippen molar-refractivity contribution < 1.29 is 19.0 Å². The number of benzene rings is 2. The minimum atomic E-state index is -1.02. The van der Waals surface area contributed by atoms with E-state index in [4.69, 9.17) is 9.47 Å². The van der Waals surface area contributed by atoms with Gasteiger partial charge in [0.2, 0.25) is 0 Å². The first-order valence-corrected chi connectivity index (χ1v) is 7.89. The van der Waals surface area contributed by atoms with E-state index in [-0.39, 0.29) is 12.2 Å². The Hall–Kier alpha value is -2.92. The Morgan fingerprint density at radius 3 is 2.20 bits per heavy atom. The molecular formula is C20H18FNO3. The fourth-order valence-corrected chi connectivity index (χ4v) is 2.29. The molecule has 1 unspecified atom stereocenters. The molecule has 0 saturated heterocycles. The number of halogens is 1. The number of pyridine rings is 1. The highest BCUT2D eigenvalue weighted by molar-refractivity contribution is 5.31. The van der Waals surface area contributed by atoms with E-state index >= 15 is 0 Å². The van der Waals surface area contributed by atoms with E-state index in [0.717, 1.165) is 5.56 Å². The highest BCUT2D eigenvalue weighted by Crippen LogP contribution is 2.21. The molecule has 0 radical (unpaired) electrons. The van der Waals surface area contributed by atoms with Crippen molar-refractivity contribution in [2.75, 3.05) is 6.61 Å². The average Bonchev–Trinajstić information content (AvgIpc) is 2.66. The molecule has 1 atom stereocenters. The van der Waals surface area contributed by atoms with Crippen molar-refractivity contribution in [3.05, 3.63) is 90.0 Å². The number of nitrogens with zero attached hydrogens (tertiary/aromatic N) is 1. The second-order valence-electron chi connectivity index (χ2n) is 5.46. The van der Waals surface area contributed by atoms with Gasteiger partial charge in [-0.2, -0.15) is 0 Å². The van der Waals surface area contributed by atoms with Crippen LogP contribution in [0.4, 0.5) is 4.39 Å². The third kappa shape index (κ3) is 4.78. The predicted molar refractivity (Wildman–Crippen MR) is 91.9 cm³/mol. The molecule has 2 aromatic carbocycles. The summed E-state index contributed by atoms with van der Waals surface area (Å²) in [6.07, 6.45) is 2.41. The number of aromatic nitrogens is 1. The summed E-state index contributed by atoms with van der Waals surface area (Å²) in [5.41, 5.74) is 1.25. The molecule has 4 nitrogen and oxygen atoms in total. The predicted octanol–water partition coefficient (Wildman–Crippen LogP) is 3.91. The zero-order valence-corrected chi connectivity index (χ0v) is 13.5. The molecule has 3 rings (SSSR count). The smallest absolute Gasteiger partial charge is 0.129 e. The van der Waals surface area contributed by atoms with Gasteiger partial charge in [-0.25, -0.2) is 4.39 Å². The zero-order chi connectivity index (χ0) is 17.5. The Bertz CT molecular complexity index is 794. The summed E-state index contributed by atoms with van der Waals surface area (Å²) in [5, 5.41) is 10.0. The van der Waals surface area contributed by atoms with Crippen LogP contribution in [0.3, 0.4) is 0 Å². The van der Waals surface area contributed by atoms with Gasteiger partial charge in [0.05, 0.1) is 0 Å². The molecule has 1 heterocycles. The van der Waals surface area contributed by atoms with Crippen molar-refractivity contribution >= 4 is 0 Å². The summed E-state index contributed by atoms with van der Waals surface area (Å²) < 4.78 is 24.8. The van der Waals surface area contributed by atoms with Gasteiger partial charge in [-0.05, 0) is 48.0 Å². The Kier molecular flexibility index (Phi) is 5.59. The Balaban J connectivity index is 1.51. The molecule has 0 aliphatic heterocycles. The molecule has 128 valence electrons. The SMILES string of the molecule is OC(COc1ccc(OCc2ccncc2)cc1)c1ccccc1F. The second-order valence-corrected chi connectivity index (χ2v) is 5.46. The molecule has 0 spiro atoms. The highest BCUT2D eigenvalue weighted by atomic mass is 19.1. The van der Waals surface area contributed by atoms with E-state index in [2.05, 4.69) is 4.98 Å². The number of ether oxygens (including phenoxy) is 2. The zero-order valence-electron chi connectivity index (χ0n) is 13.5. The van der Waals surface area contributed by atoms with Crippen molar-refractivity contribution in [2.24, 2.45) is 0 Å². The summed E-state index contributed by atoms with van der Waals surface area (Å²) in [6, 6.07) is 17.0. The summed E-state index contributed by atoms with van der Waals surface area (Å²) in [6.45, 7) is 0.423. The van der Waals surface area contributed by atoms with Crippen LogP contribution in [0.15, 0.2) is 73.1 Å². The first-order valence-electron chi connectivity index (χ1n) is 7.89. The van der Waals surface area contributed by atoms with Gasteiger partial charge in [0.25, 0.3) is 0 Å². The molecule has 0 aliphatic carbocycles. The van der Waals surface area contributed by atoms with Crippen LogP contribution < -0.4 is 9.47 Å². The Labute approximate surface area is 145 Å². The van der Waals surface area contributed by atoms with Crippen LogP contribution >= 0.6 is 0 Å². The van der Waals surface area contributed by atoms with Gasteiger partial charge < -0.3 is 14.6 Å². The minimum Gasteiger partial charge on any atom is -0.491 e. The fraction of sp³-hybridized carbons (Fsp3) is 0.150. The molecule has 25 heavy (non-hydrogen) atoms. The standard InChI is InChI=1S/C20H18FNO3/c21-19-4-2-1-3-18(19)20(23)14-25-17-7-5-16(6-8-17)24-13-15-9-11-22-12-10-15/h1-12,20,23H,13-14H2. The van der Waals surface area contributed by atoms with E-state index in [1.165, 1.54) is 6.07 Å². The van der Waals surface area contributed by atoms with Crippen LogP contribution in [0.5, 0.6) is 11.5 Å². The second kappa shape index (κ2) is 8.26. The lowest BCUT2D eigenvalue weighted by molar-refractivity contribution is 0.105. The van der Waals surface area contributed by atoms with Crippen LogP contribution in [-0.4, -0.2) is 16.7 Å². The summed E-state index contributed by atoms with van der Waals surface area (Å²) in [4.78, 5) is 3.96. The van der Waals surface area contributed by atoms with E-state index in [1.54, 1.807) is 54.9 Å². The quantitative estimate of drug-likeness (QED) is 0.709. The Morgan fingerprint density at radius 1 is 0.880 bits per heavy atom. The minimum absolute atomic E-state index is 0.0296. The van der Waals surface area contributed by atoms with E-state index < -0.39 is 11.9 Å². The van der Waals surface area contributed by atoms with Gasteiger partial charge in [0.15, 0.2) is 0 Å². The van der Waals surface area contributed by atoms with Crippen LogP contribution in [0.2, 0.25) is 0 Å². The molecule has 1 aromatic heterocycles. The number of rotatable bonds is 7. The topological polar surface area (TPSA) is 51.6 Å². The van der Waals surface area contributed by atoms with Crippen molar-refractivity contribution in [3.63, 3.8) is 0 Å². The molecule has 0 saturated carbocycles. The van der Waals surface area contributed by atoms with Crippen LogP contribution in [-0.2, 0) is 6.61 Å². The number of hydrogen-bond donors (Lipinski definition) is 1. The largest absolute Gasteiger partial charge is 0.491 e. The number of aliphatic hydroxyl groups excluding tert-OH is 1. The van der Waals surface area contributed by atoms with E-state index in [1.807, 2.05) is 12.1 Å². The van der Waals surface area contributed by atoms with Crippen LogP contribution in [0, 0.1) is 5.82 Å². The van der Waals surface area contributed by atoms with Crippen molar-refractivity contribution in [1.82, 2.24) is 4.98 Å². The normalized spacial score (nSPS) is 11.8. The molecule has 0 amide bonds. The van der Waals surface area contributed by atoms with Crippen molar-refractivity contribution in [1.29, 1.82) is 0 Å². The lowest BCUT2D eigenvalue weighted by Gasteiger charge is -2.14. The van der Waals surface area contributed by atoms with Crippen LogP contribution in [0.25, 0.3) is 0 Å². The van der Waals surface area contributed by atoms with Gasteiger partial charge in [-0.3, -0.25) is 4.98 Å². The maximum atomic E-state index is 13.6.